The van der Waals surface area contributed by atoms with Crippen LogP contribution < -0.4 is 4.90 Å². The Morgan fingerprint density at radius 3 is 2.21 bits per heavy atom. The molecule has 0 saturated heterocycles. The van der Waals surface area contributed by atoms with E-state index in [1.807, 2.05) is 45.3 Å². The second-order valence-corrected chi connectivity index (χ2v) is 11.2. The SMILES string of the molecule is C[C@H]1C(=O)C(C#N)=C[C@@]2(C)c3c(c(-c4ccccc4)nn3-c3ccc(-c4ccc(N(C)C)cc4)cc3)CC[C@H]12. The van der Waals surface area contributed by atoms with Gasteiger partial charge in [-0.15, -0.1) is 0 Å². The summed E-state index contributed by atoms with van der Waals surface area (Å²) >= 11 is 0. The highest BCUT2D eigenvalue weighted by molar-refractivity contribution is 6.02. The topological polar surface area (TPSA) is 61.9 Å². The maximum Gasteiger partial charge on any atom is 0.176 e. The summed E-state index contributed by atoms with van der Waals surface area (Å²) in [7, 11) is 4.09. The highest BCUT2D eigenvalue weighted by Gasteiger charge is 2.50. The second kappa shape index (κ2) is 9.39. The number of hydrogen-bond donors (Lipinski definition) is 0. The van der Waals surface area contributed by atoms with Gasteiger partial charge in [0.1, 0.15) is 6.07 Å². The van der Waals surface area contributed by atoms with Gasteiger partial charge in [-0.05, 0) is 54.2 Å². The Kier molecular flexibility index (Phi) is 5.99. The molecule has 0 aliphatic heterocycles. The van der Waals surface area contributed by atoms with Gasteiger partial charge in [-0.25, -0.2) is 4.68 Å². The molecule has 3 aromatic carbocycles. The molecule has 0 fully saturated rings. The number of carbonyl (C=O) groups is 1. The van der Waals surface area contributed by atoms with Crippen LogP contribution in [0.15, 0.2) is 90.5 Å². The number of anilines is 1. The minimum Gasteiger partial charge on any atom is -0.378 e. The van der Waals surface area contributed by atoms with Crippen LogP contribution in [0.25, 0.3) is 28.1 Å². The summed E-state index contributed by atoms with van der Waals surface area (Å²) in [5, 5.41) is 15.0. The van der Waals surface area contributed by atoms with Crippen molar-refractivity contribution in [3.63, 3.8) is 0 Å². The van der Waals surface area contributed by atoms with Gasteiger partial charge >= 0.3 is 0 Å². The number of ketones is 1. The number of fused-ring (bicyclic) bond motifs is 3. The molecule has 0 radical (unpaired) electrons. The molecule has 0 unspecified atom stereocenters. The lowest BCUT2D eigenvalue weighted by Crippen LogP contribution is -2.46. The molecule has 5 nitrogen and oxygen atoms in total. The first-order chi connectivity index (χ1) is 18.8. The van der Waals surface area contributed by atoms with Gasteiger partial charge in [0.2, 0.25) is 0 Å². The quantitative estimate of drug-likeness (QED) is 0.303. The minimum absolute atomic E-state index is 0.0394. The van der Waals surface area contributed by atoms with E-state index in [9.17, 15) is 10.1 Å². The molecule has 6 rings (SSSR count). The molecule has 0 saturated carbocycles. The summed E-state index contributed by atoms with van der Waals surface area (Å²) in [6.07, 6.45) is 3.66. The Labute approximate surface area is 230 Å². The first kappa shape index (κ1) is 24.9. The van der Waals surface area contributed by atoms with Gasteiger partial charge in [0.05, 0.1) is 22.6 Å². The monoisotopic (exact) mass is 512 g/mol. The minimum atomic E-state index is -0.479. The number of Topliss-reactive ketones (excluding diaryl/α,β-unsaturated/α-hetero) is 1. The fourth-order valence-electron chi connectivity index (χ4n) is 6.61. The molecule has 3 atom stereocenters. The van der Waals surface area contributed by atoms with E-state index in [0.29, 0.717) is 0 Å². The van der Waals surface area contributed by atoms with Crippen molar-refractivity contribution in [3.05, 3.63) is 102 Å². The molecule has 0 spiro atoms. The van der Waals surface area contributed by atoms with E-state index < -0.39 is 5.41 Å². The van der Waals surface area contributed by atoms with Crippen molar-refractivity contribution in [1.29, 1.82) is 5.26 Å². The van der Waals surface area contributed by atoms with Crippen molar-refractivity contribution in [3.8, 4) is 34.1 Å². The summed E-state index contributed by atoms with van der Waals surface area (Å²) in [5.74, 6) is -0.135. The number of allylic oxidation sites excluding steroid dienone is 2. The van der Waals surface area contributed by atoms with Crippen molar-refractivity contribution in [2.75, 3.05) is 19.0 Å². The molecule has 2 aliphatic rings. The van der Waals surface area contributed by atoms with Crippen LogP contribution in [0.2, 0.25) is 0 Å². The Hall–Kier alpha value is -4.43. The number of aromatic nitrogens is 2. The normalized spacial score (nSPS) is 21.9. The van der Waals surface area contributed by atoms with Crippen molar-refractivity contribution in [2.45, 2.75) is 32.1 Å². The van der Waals surface area contributed by atoms with Gasteiger partial charge in [0, 0.05) is 42.2 Å². The fourth-order valence-corrected chi connectivity index (χ4v) is 6.61. The van der Waals surface area contributed by atoms with Crippen molar-refractivity contribution in [1.82, 2.24) is 9.78 Å². The van der Waals surface area contributed by atoms with Gasteiger partial charge in [-0.2, -0.15) is 10.4 Å². The molecular formula is C34H32N4O. The largest absolute Gasteiger partial charge is 0.378 e. The molecular weight excluding hydrogens is 480 g/mol. The number of nitriles is 1. The Morgan fingerprint density at radius 1 is 0.949 bits per heavy atom. The molecule has 1 heterocycles. The third-order valence-corrected chi connectivity index (χ3v) is 8.69. The summed E-state index contributed by atoms with van der Waals surface area (Å²) < 4.78 is 2.07. The number of hydrogen-bond acceptors (Lipinski definition) is 4. The van der Waals surface area contributed by atoms with E-state index in [2.05, 4.69) is 83.2 Å². The van der Waals surface area contributed by atoms with E-state index in [4.69, 9.17) is 5.10 Å². The molecule has 1 aromatic heterocycles. The average Bonchev–Trinajstić information content (AvgIpc) is 3.37. The van der Waals surface area contributed by atoms with Crippen LogP contribution >= 0.6 is 0 Å². The Balaban J connectivity index is 1.51. The number of rotatable bonds is 4. The average molecular weight is 513 g/mol. The Morgan fingerprint density at radius 2 is 1.59 bits per heavy atom. The highest BCUT2D eigenvalue weighted by atomic mass is 16.1. The van der Waals surface area contributed by atoms with Gasteiger partial charge in [0.25, 0.3) is 0 Å². The zero-order valence-corrected chi connectivity index (χ0v) is 22.8. The lowest BCUT2D eigenvalue weighted by atomic mass is 9.57. The predicted molar refractivity (Wildman–Crippen MR) is 156 cm³/mol. The van der Waals surface area contributed by atoms with Crippen LogP contribution in [0, 0.1) is 23.2 Å². The highest BCUT2D eigenvalue weighted by Crippen LogP contribution is 2.52. The number of benzene rings is 3. The van der Waals surface area contributed by atoms with E-state index >= 15 is 0 Å². The van der Waals surface area contributed by atoms with Crippen molar-refractivity contribution in [2.24, 2.45) is 11.8 Å². The van der Waals surface area contributed by atoms with Crippen LogP contribution in [0.1, 0.15) is 31.5 Å². The molecule has 0 amide bonds. The van der Waals surface area contributed by atoms with Crippen LogP contribution in [0.5, 0.6) is 0 Å². The third kappa shape index (κ3) is 3.99. The lowest BCUT2D eigenvalue weighted by Gasteiger charge is -2.45. The number of carbonyl (C=O) groups excluding carboxylic acids is 1. The molecule has 2 aliphatic carbocycles. The van der Waals surface area contributed by atoms with E-state index in [0.717, 1.165) is 46.6 Å². The summed E-state index contributed by atoms with van der Waals surface area (Å²) in [6, 6.07) is 29.6. The zero-order valence-electron chi connectivity index (χ0n) is 22.8. The summed E-state index contributed by atoms with van der Waals surface area (Å²) in [6.45, 7) is 4.17. The van der Waals surface area contributed by atoms with E-state index in [-0.39, 0.29) is 23.2 Å². The summed E-state index contributed by atoms with van der Waals surface area (Å²) in [5.41, 5.74) is 8.58. The standard InChI is InChI=1S/C34H32N4O/c1-22-30-19-18-29-31(25-8-6-5-7-9-25)36-38(33(29)34(30,2)20-26(21-35)32(22)39)28-16-12-24(13-17-28)23-10-14-27(15-11-23)37(3)4/h5-17,20,22,30H,18-19H2,1-4H3/t22-,30-,34-/m1/s1. The predicted octanol–water partition coefficient (Wildman–Crippen LogP) is 6.76. The maximum absolute atomic E-state index is 13.0. The van der Waals surface area contributed by atoms with Crippen LogP contribution in [-0.2, 0) is 16.6 Å². The Bertz CT molecular complexity index is 1620. The molecule has 0 bridgehead atoms. The lowest BCUT2D eigenvalue weighted by molar-refractivity contribution is -0.121. The van der Waals surface area contributed by atoms with Gasteiger partial charge in [-0.1, -0.05) is 74.5 Å². The van der Waals surface area contributed by atoms with Crippen LogP contribution in [-0.4, -0.2) is 29.7 Å². The van der Waals surface area contributed by atoms with Crippen molar-refractivity contribution < 1.29 is 4.79 Å². The van der Waals surface area contributed by atoms with Crippen LogP contribution in [0.4, 0.5) is 5.69 Å². The second-order valence-electron chi connectivity index (χ2n) is 11.2. The first-order valence-corrected chi connectivity index (χ1v) is 13.5. The molecule has 0 N–H and O–H groups in total. The smallest absolute Gasteiger partial charge is 0.176 e. The van der Waals surface area contributed by atoms with Crippen LogP contribution in [0.3, 0.4) is 0 Å². The van der Waals surface area contributed by atoms with E-state index in [1.165, 1.54) is 11.3 Å². The van der Waals surface area contributed by atoms with Gasteiger partial charge in [-0.3, -0.25) is 4.79 Å². The molecule has 5 heteroatoms. The zero-order chi connectivity index (χ0) is 27.3. The molecule has 4 aromatic rings. The van der Waals surface area contributed by atoms with Crippen molar-refractivity contribution >= 4 is 11.5 Å². The van der Waals surface area contributed by atoms with E-state index in [1.54, 1.807) is 0 Å². The van der Waals surface area contributed by atoms with Gasteiger partial charge in [0.15, 0.2) is 5.78 Å². The third-order valence-electron chi connectivity index (χ3n) is 8.69. The fraction of sp³-hybridized carbons (Fsp3) is 0.265. The molecule has 39 heavy (non-hydrogen) atoms. The first-order valence-electron chi connectivity index (χ1n) is 13.5. The van der Waals surface area contributed by atoms with Gasteiger partial charge < -0.3 is 4.90 Å². The molecule has 194 valence electrons. The number of nitrogens with zero attached hydrogens (tertiary/aromatic N) is 4. The maximum atomic E-state index is 13.0. The summed E-state index contributed by atoms with van der Waals surface area (Å²) in [4.78, 5) is 15.1.